The smallest absolute Gasteiger partial charge is 0.339 e. The highest BCUT2D eigenvalue weighted by Gasteiger charge is 2.09. The third-order valence-corrected chi connectivity index (χ3v) is 1.30. The van der Waals surface area contributed by atoms with E-state index in [-0.39, 0.29) is 30.4 Å². The van der Waals surface area contributed by atoms with Gasteiger partial charge in [0.2, 0.25) is 0 Å². The Hall–Kier alpha value is -1.13. The number of hydrogen-bond donors (Lipinski definition) is 0. The fourth-order valence-corrected chi connectivity index (χ4v) is 0.683. The van der Waals surface area contributed by atoms with E-state index in [9.17, 15) is 4.79 Å². The number of carbonyl (C=O) groups is 1. The minimum Gasteiger partial charge on any atom is -0.465 e. The van der Waals surface area contributed by atoms with Gasteiger partial charge in [-0.25, -0.2) is 4.79 Å². The van der Waals surface area contributed by atoms with Crippen molar-refractivity contribution in [3.05, 3.63) is 30.9 Å². The van der Waals surface area contributed by atoms with E-state index >= 15 is 0 Å². The predicted molar refractivity (Wildman–Crippen MR) is 57.6 cm³/mol. The van der Waals surface area contributed by atoms with Gasteiger partial charge in [0.05, 0.1) is 24.6 Å². The Morgan fingerprint density at radius 3 is 2.50 bits per heavy atom. The number of methoxy groups -OCH3 is 1. The molecule has 0 amide bonds. The lowest BCUT2D eigenvalue weighted by molar-refractivity contribution is -0.133. The molecule has 78 valence electrons. The van der Waals surface area contributed by atoms with Crippen LogP contribution in [-0.2, 0) is 9.53 Å². The number of esters is 1. The lowest BCUT2D eigenvalue weighted by Gasteiger charge is -2.00. The SMILES string of the molecule is C=C(C(=O)OC)c1cnccn1.Cl.Cl. The van der Waals surface area contributed by atoms with Gasteiger partial charge in [0.15, 0.2) is 0 Å². The van der Waals surface area contributed by atoms with Crippen molar-refractivity contribution in [2.24, 2.45) is 0 Å². The average molecular weight is 237 g/mol. The van der Waals surface area contributed by atoms with E-state index in [4.69, 9.17) is 0 Å². The van der Waals surface area contributed by atoms with E-state index in [0.29, 0.717) is 5.69 Å². The van der Waals surface area contributed by atoms with Crippen LogP contribution >= 0.6 is 24.8 Å². The van der Waals surface area contributed by atoms with Gasteiger partial charge < -0.3 is 4.74 Å². The second-order valence-electron chi connectivity index (χ2n) is 2.06. The van der Waals surface area contributed by atoms with Crippen LogP contribution in [0.1, 0.15) is 5.69 Å². The first kappa shape index (κ1) is 15.3. The van der Waals surface area contributed by atoms with Crippen LogP contribution in [0.15, 0.2) is 25.2 Å². The first-order valence-corrected chi connectivity index (χ1v) is 3.29. The molecule has 0 radical (unpaired) electrons. The molecule has 0 unspecified atom stereocenters. The van der Waals surface area contributed by atoms with Gasteiger partial charge in [0.1, 0.15) is 0 Å². The van der Waals surface area contributed by atoms with Gasteiger partial charge in [0, 0.05) is 12.4 Å². The van der Waals surface area contributed by atoms with Crippen LogP contribution in [-0.4, -0.2) is 23.0 Å². The highest BCUT2D eigenvalue weighted by Crippen LogP contribution is 2.07. The number of aromatic nitrogens is 2. The molecule has 0 fully saturated rings. The molecular weight excluding hydrogens is 227 g/mol. The Kier molecular flexibility index (Phi) is 7.99. The molecular formula is C8H10Cl2N2O2. The van der Waals surface area contributed by atoms with Crippen LogP contribution in [0, 0.1) is 0 Å². The Morgan fingerprint density at radius 2 is 2.07 bits per heavy atom. The van der Waals surface area contributed by atoms with Crippen LogP contribution in [0.25, 0.3) is 5.57 Å². The summed E-state index contributed by atoms with van der Waals surface area (Å²) < 4.78 is 4.46. The number of rotatable bonds is 2. The molecule has 0 N–H and O–H groups in total. The summed E-state index contributed by atoms with van der Waals surface area (Å²) >= 11 is 0. The van der Waals surface area contributed by atoms with E-state index in [2.05, 4.69) is 21.3 Å². The van der Waals surface area contributed by atoms with Gasteiger partial charge in [-0.05, 0) is 0 Å². The maximum absolute atomic E-state index is 10.9. The molecule has 1 aromatic rings. The molecule has 0 aliphatic rings. The molecule has 0 saturated carbocycles. The molecule has 0 aliphatic heterocycles. The molecule has 0 aromatic carbocycles. The second-order valence-corrected chi connectivity index (χ2v) is 2.06. The Labute approximate surface area is 94.2 Å². The Morgan fingerprint density at radius 1 is 1.43 bits per heavy atom. The number of carbonyl (C=O) groups excluding carboxylic acids is 1. The summed E-state index contributed by atoms with van der Waals surface area (Å²) in [6.45, 7) is 3.52. The molecule has 14 heavy (non-hydrogen) atoms. The summed E-state index contributed by atoms with van der Waals surface area (Å²) in [4.78, 5) is 18.6. The molecule has 1 rings (SSSR count). The lowest BCUT2D eigenvalue weighted by Crippen LogP contribution is -2.04. The zero-order valence-corrected chi connectivity index (χ0v) is 9.10. The van der Waals surface area contributed by atoms with E-state index in [1.807, 2.05) is 0 Å². The largest absolute Gasteiger partial charge is 0.465 e. The van der Waals surface area contributed by atoms with Crippen LogP contribution in [0.3, 0.4) is 0 Å². The molecule has 0 spiro atoms. The maximum atomic E-state index is 10.9. The third-order valence-electron chi connectivity index (χ3n) is 1.30. The quantitative estimate of drug-likeness (QED) is 0.577. The number of halogens is 2. The average Bonchev–Trinajstić information content (AvgIpc) is 2.17. The fraction of sp³-hybridized carbons (Fsp3) is 0.125. The first-order valence-electron chi connectivity index (χ1n) is 3.29. The monoisotopic (exact) mass is 236 g/mol. The Balaban J connectivity index is 0. The first-order chi connectivity index (χ1) is 5.75. The van der Waals surface area contributed by atoms with Gasteiger partial charge in [-0.2, -0.15) is 0 Å². The minimum atomic E-state index is -0.490. The van der Waals surface area contributed by atoms with Gasteiger partial charge >= 0.3 is 5.97 Å². The molecule has 6 heteroatoms. The predicted octanol–water partition coefficient (Wildman–Crippen LogP) is 1.51. The maximum Gasteiger partial charge on any atom is 0.339 e. The van der Waals surface area contributed by atoms with Gasteiger partial charge in [-0.15, -0.1) is 24.8 Å². The van der Waals surface area contributed by atoms with Gasteiger partial charge in [-0.1, -0.05) is 6.58 Å². The third kappa shape index (κ3) is 3.72. The second kappa shape index (κ2) is 7.29. The van der Waals surface area contributed by atoms with Crippen molar-refractivity contribution < 1.29 is 9.53 Å². The van der Waals surface area contributed by atoms with E-state index < -0.39 is 5.97 Å². The minimum absolute atomic E-state index is 0. The van der Waals surface area contributed by atoms with Crippen molar-refractivity contribution >= 4 is 36.4 Å². The van der Waals surface area contributed by atoms with Gasteiger partial charge in [0.25, 0.3) is 0 Å². The summed E-state index contributed by atoms with van der Waals surface area (Å²) in [6, 6.07) is 0. The fourth-order valence-electron chi connectivity index (χ4n) is 0.683. The normalized spacial score (nSPS) is 7.79. The van der Waals surface area contributed by atoms with Crippen LogP contribution < -0.4 is 0 Å². The molecule has 1 aromatic heterocycles. The zero-order valence-electron chi connectivity index (χ0n) is 7.47. The summed E-state index contributed by atoms with van der Waals surface area (Å²) in [6.07, 6.45) is 4.47. The van der Waals surface area contributed by atoms with Crippen molar-refractivity contribution in [2.45, 2.75) is 0 Å². The highest BCUT2D eigenvalue weighted by molar-refractivity contribution is 6.14. The van der Waals surface area contributed by atoms with Gasteiger partial charge in [-0.3, -0.25) is 9.97 Å². The topological polar surface area (TPSA) is 52.1 Å². The number of hydrogen-bond acceptors (Lipinski definition) is 4. The summed E-state index contributed by atoms with van der Waals surface area (Å²) in [5, 5.41) is 0. The zero-order chi connectivity index (χ0) is 8.97. The van der Waals surface area contributed by atoms with E-state index in [1.54, 1.807) is 0 Å². The van der Waals surface area contributed by atoms with Crippen molar-refractivity contribution in [2.75, 3.05) is 7.11 Å². The lowest BCUT2D eigenvalue weighted by atomic mass is 10.2. The van der Waals surface area contributed by atoms with Crippen LogP contribution in [0.4, 0.5) is 0 Å². The van der Waals surface area contributed by atoms with E-state index in [0.717, 1.165) is 0 Å². The number of ether oxygens (including phenoxy) is 1. The van der Waals surface area contributed by atoms with E-state index in [1.165, 1.54) is 25.7 Å². The molecule has 0 aliphatic carbocycles. The van der Waals surface area contributed by atoms with Crippen LogP contribution in [0.5, 0.6) is 0 Å². The highest BCUT2D eigenvalue weighted by atomic mass is 35.5. The molecule has 1 heterocycles. The van der Waals surface area contributed by atoms with Crippen molar-refractivity contribution in [3.8, 4) is 0 Å². The van der Waals surface area contributed by atoms with Crippen molar-refractivity contribution in [3.63, 3.8) is 0 Å². The van der Waals surface area contributed by atoms with Crippen molar-refractivity contribution in [1.82, 2.24) is 9.97 Å². The van der Waals surface area contributed by atoms with Crippen molar-refractivity contribution in [1.29, 1.82) is 0 Å². The summed E-state index contributed by atoms with van der Waals surface area (Å²) in [5.41, 5.74) is 0.648. The Bertz CT molecular complexity index is 303. The molecule has 0 saturated heterocycles. The van der Waals surface area contributed by atoms with Crippen LogP contribution in [0.2, 0.25) is 0 Å². The number of nitrogens with zero attached hydrogens (tertiary/aromatic N) is 2. The summed E-state index contributed by atoms with van der Waals surface area (Å²) in [5.74, 6) is -0.490. The summed E-state index contributed by atoms with van der Waals surface area (Å²) in [7, 11) is 1.30. The molecule has 0 bridgehead atoms. The molecule has 4 nitrogen and oxygen atoms in total. The standard InChI is InChI=1S/C8H8N2O2.2ClH/c1-6(8(11)12-2)7-5-9-3-4-10-7;;/h3-5H,1H2,2H3;2*1H. The molecule has 0 atom stereocenters.